The number of carbonyl (C=O) groups excluding carboxylic acids is 2. The van der Waals surface area contributed by atoms with Gasteiger partial charge in [0.15, 0.2) is 11.5 Å². The number of unbranched alkanes of at least 4 members (excludes halogenated alkanes) is 2. The van der Waals surface area contributed by atoms with E-state index in [1.807, 2.05) is 39.8 Å². The van der Waals surface area contributed by atoms with Crippen LogP contribution in [0.2, 0.25) is 0 Å². The summed E-state index contributed by atoms with van der Waals surface area (Å²) in [6, 6.07) is 10.3. The zero-order valence-corrected chi connectivity index (χ0v) is 29.6. The van der Waals surface area contributed by atoms with Crippen LogP contribution in [0.15, 0.2) is 34.9 Å². The van der Waals surface area contributed by atoms with E-state index >= 15 is 0 Å². The Morgan fingerprint density at radius 3 is 2.21 bits per heavy atom. The molecule has 1 aliphatic rings. The van der Waals surface area contributed by atoms with Gasteiger partial charge in [0.05, 0.1) is 24.3 Å². The number of rotatable bonds is 13. The molecule has 0 spiro atoms. The molecule has 0 atom stereocenters. The van der Waals surface area contributed by atoms with Crippen molar-refractivity contribution in [2.45, 2.75) is 105 Å². The van der Waals surface area contributed by atoms with E-state index in [0.29, 0.717) is 62.8 Å². The molecule has 0 radical (unpaired) electrons. The number of benzene rings is 2. The molecule has 0 aliphatic carbocycles. The van der Waals surface area contributed by atoms with Gasteiger partial charge in [0, 0.05) is 25.7 Å². The molecule has 0 saturated heterocycles. The fourth-order valence-corrected chi connectivity index (χ4v) is 5.63. The minimum Gasteiger partial charge on any atom is -0.493 e. The second kappa shape index (κ2) is 16.2. The van der Waals surface area contributed by atoms with Crippen molar-refractivity contribution in [1.29, 1.82) is 0 Å². The van der Waals surface area contributed by atoms with E-state index in [9.17, 15) is 9.59 Å². The molecule has 2 amide bonds. The Balaban J connectivity index is 1.82. The van der Waals surface area contributed by atoms with Gasteiger partial charge in [-0.25, -0.2) is 4.79 Å². The zero-order valence-electron chi connectivity index (χ0n) is 29.6. The smallest absolute Gasteiger partial charge is 0.410 e. The summed E-state index contributed by atoms with van der Waals surface area (Å²) in [5, 5.41) is 7.24. The highest BCUT2D eigenvalue weighted by Crippen LogP contribution is 2.44. The standard InChI is InChI=1S/C38H53N3O6/c1-9-12-20-44-31-24-32(45-21-13-10-2)30(23-29(31)25(4)5)35-33(34(40-47-35)36(42)39-11-3)28-15-14-26-16-18-41(19-17-27(26)22-28)37(43)46-38(6,7)8/h14-15,22-25H,9-13,16-21H2,1-8H3,(H,39,42). The van der Waals surface area contributed by atoms with Gasteiger partial charge in [-0.05, 0) is 87.6 Å². The van der Waals surface area contributed by atoms with Gasteiger partial charge in [-0.3, -0.25) is 4.79 Å². The van der Waals surface area contributed by atoms with Crippen molar-refractivity contribution in [1.82, 2.24) is 15.4 Å². The molecule has 1 aliphatic heterocycles. The Labute approximate surface area is 280 Å². The fourth-order valence-electron chi connectivity index (χ4n) is 5.63. The summed E-state index contributed by atoms with van der Waals surface area (Å²) in [5.41, 5.74) is 5.14. The van der Waals surface area contributed by atoms with Crippen molar-refractivity contribution in [2.24, 2.45) is 0 Å². The number of hydrogen-bond acceptors (Lipinski definition) is 7. The quantitative estimate of drug-likeness (QED) is 0.185. The summed E-state index contributed by atoms with van der Waals surface area (Å²) in [6.07, 6.45) is 4.96. The molecule has 0 fully saturated rings. The molecule has 1 aromatic heterocycles. The summed E-state index contributed by atoms with van der Waals surface area (Å²) in [6.45, 7) is 18.8. The van der Waals surface area contributed by atoms with E-state index in [0.717, 1.165) is 59.3 Å². The largest absolute Gasteiger partial charge is 0.493 e. The van der Waals surface area contributed by atoms with Crippen LogP contribution in [0.3, 0.4) is 0 Å². The molecule has 9 heteroatoms. The summed E-state index contributed by atoms with van der Waals surface area (Å²) >= 11 is 0. The third kappa shape index (κ3) is 9.08. The minimum absolute atomic E-state index is 0.171. The predicted molar refractivity (Wildman–Crippen MR) is 185 cm³/mol. The third-order valence-corrected chi connectivity index (χ3v) is 8.18. The number of nitrogens with zero attached hydrogens (tertiary/aromatic N) is 2. The van der Waals surface area contributed by atoms with Gasteiger partial charge >= 0.3 is 6.09 Å². The van der Waals surface area contributed by atoms with Crippen LogP contribution in [0.4, 0.5) is 4.79 Å². The van der Waals surface area contributed by atoms with E-state index in [-0.39, 0.29) is 23.6 Å². The molecule has 4 rings (SSSR count). The number of carbonyl (C=O) groups is 2. The van der Waals surface area contributed by atoms with Crippen molar-refractivity contribution < 1.29 is 28.3 Å². The summed E-state index contributed by atoms with van der Waals surface area (Å²) in [4.78, 5) is 28.0. The summed E-state index contributed by atoms with van der Waals surface area (Å²) in [5.74, 6) is 1.78. The van der Waals surface area contributed by atoms with E-state index in [2.05, 4.69) is 56.4 Å². The van der Waals surface area contributed by atoms with Crippen LogP contribution in [0.1, 0.15) is 114 Å². The normalized spacial score (nSPS) is 13.3. The highest BCUT2D eigenvalue weighted by atomic mass is 16.6. The van der Waals surface area contributed by atoms with Crippen molar-refractivity contribution in [3.8, 4) is 33.9 Å². The Bertz CT molecular complexity index is 1520. The first-order valence-corrected chi connectivity index (χ1v) is 17.3. The first kappa shape index (κ1) is 35.8. The SMILES string of the molecule is CCCCOc1cc(OCCCC)c(C(C)C)cc1-c1onc(C(=O)NCC)c1-c1ccc2c(c1)CCN(C(=O)OC(C)(C)C)CC2. The molecule has 3 aromatic rings. The maximum Gasteiger partial charge on any atom is 0.410 e. The van der Waals surface area contributed by atoms with Crippen molar-refractivity contribution in [3.63, 3.8) is 0 Å². The predicted octanol–water partition coefficient (Wildman–Crippen LogP) is 8.58. The van der Waals surface area contributed by atoms with Crippen LogP contribution < -0.4 is 14.8 Å². The summed E-state index contributed by atoms with van der Waals surface area (Å²) in [7, 11) is 0. The fraction of sp³-hybridized carbons (Fsp3) is 0.553. The topological polar surface area (TPSA) is 103 Å². The van der Waals surface area contributed by atoms with Crippen LogP contribution in [0.5, 0.6) is 11.5 Å². The minimum atomic E-state index is -0.558. The lowest BCUT2D eigenvalue weighted by atomic mass is 9.92. The molecule has 0 saturated carbocycles. The first-order valence-electron chi connectivity index (χ1n) is 17.3. The Morgan fingerprint density at radius 2 is 1.60 bits per heavy atom. The molecule has 47 heavy (non-hydrogen) atoms. The van der Waals surface area contributed by atoms with Crippen LogP contribution in [-0.2, 0) is 17.6 Å². The number of aromatic nitrogens is 1. The van der Waals surface area contributed by atoms with E-state index < -0.39 is 5.60 Å². The van der Waals surface area contributed by atoms with Crippen molar-refractivity contribution >= 4 is 12.0 Å². The van der Waals surface area contributed by atoms with Gasteiger partial charge in [0.25, 0.3) is 5.91 Å². The maximum absolute atomic E-state index is 13.4. The highest BCUT2D eigenvalue weighted by molar-refractivity contribution is 6.02. The van der Waals surface area contributed by atoms with Crippen LogP contribution in [0, 0.1) is 0 Å². The first-order chi connectivity index (χ1) is 22.5. The molecule has 0 bridgehead atoms. The van der Waals surface area contributed by atoms with Gasteiger partial charge in [0.1, 0.15) is 17.1 Å². The van der Waals surface area contributed by atoms with Crippen molar-refractivity contribution in [2.75, 3.05) is 32.8 Å². The van der Waals surface area contributed by atoms with Crippen LogP contribution in [-0.4, -0.2) is 60.5 Å². The average molecular weight is 648 g/mol. The lowest BCUT2D eigenvalue weighted by Crippen LogP contribution is -2.38. The van der Waals surface area contributed by atoms with Crippen LogP contribution in [0.25, 0.3) is 22.5 Å². The molecule has 256 valence electrons. The van der Waals surface area contributed by atoms with Crippen molar-refractivity contribution in [3.05, 3.63) is 52.7 Å². The molecule has 1 N–H and O–H groups in total. The lowest BCUT2D eigenvalue weighted by Gasteiger charge is -2.26. The zero-order chi connectivity index (χ0) is 34.1. The Kier molecular flexibility index (Phi) is 12.4. The molecule has 2 aromatic carbocycles. The average Bonchev–Trinajstić information content (AvgIpc) is 3.34. The number of fused-ring (bicyclic) bond motifs is 1. The second-order valence-electron chi connectivity index (χ2n) is 13.5. The number of nitrogens with one attached hydrogen (secondary N) is 1. The third-order valence-electron chi connectivity index (χ3n) is 8.18. The van der Waals surface area contributed by atoms with E-state index in [1.165, 1.54) is 0 Å². The van der Waals surface area contributed by atoms with Gasteiger partial charge in [-0.1, -0.05) is 63.9 Å². The molecular weight excluding hydrogens is 594 g/mol. The van der Waals surface area contributed by atoms with Gasteiger partial charge < -0.3 is 29.0 Å². The van der Waals surface area contributed by atoms with Gasteiger partial charge in [-0.15, -0.1) is 0 Å². The highest BCUT2D eigenvalue weighted by Gasteiger charge is 2.29. The maximum atomic E-state index is 13.4. The Morgan fingerprint density at radius 1 is 0.936 bits per heavy atom. The monoisotopic (exact) mass is 647 g/mol. The second-order valence-corrected chi connectivity index (χ2v) is 13.5. The van der Waals surface area contributed by atoms with Gasteiger partial charge in [0.2, 0.25) is 0 Å². The Hall–Kier alpha value is -4.01. The lowest BCUT2D eigenvalue weighted by molar-refractivity contribution is 0.0258. The molecule has 2 heterocycles. The van der Waals surface area contributed by atoms with E-state index in [1.54, 1.807) is 4.90 Å². The molecule has 0 unspecified atom stereocenters. The van der Waals surface area contributed by atoms with Crippen LogP contribution >= 0.6 is 0 Å². The number of ether oxygens (including phenoxy) is 3. The summed E-state index contributed by atoms with van der Waals surface area (Å²) < 4.78 is 24.4. The number of amides is 2. The van der Waals surface area contributed by atoms with E-state index in [4.69, 9.17) is 18.7 Å². The molecule has 9 nitrogen and oxygen atoms in total. The number of hydrogen-bond donors (Lipinski definition) is 1. The molecular formula is C38H53N3O6. The van der Waals surface area contributed by atoms with Gasteiger partial charge in [-0.2, -0.15) is 0 Å².